The van der Waals surface area contributed by atoms with Crippen molar-refractivity contribution < 1.29 is 0 Å². The summed E-state index contributed by atoms with van der Waals surface area (Å²) in [6.07, 6.45) is 0. The molecule has 0 fully saturated rings. The Labute approximate surface area is 121 Å². The molecule has 0 N–H and O–H groups in total. The van der Waals surface area contributed by atoms with Crippen LogP contribution in [-0.2, 0) is 12.0 Å². The molecule has 19 heavy (non-hydrogen) atoms. The van der Waals surface area contributed by atoms with Crippen molar-refractivity contribution in [2.24, 2.45) is 5.41 Å². The highest BCUT2D eigenvalue weighted by Crippen LogP contribution is 2.30. The zero-order chi connectivity index (χ0) is 14.4. The number of imidazole rings is 1. The van der Waals surface area contributed by atoms with Gasteiger partial charge in [0.05, 0.1) is 11.0 Å². The molecule has 0 aliphatic rings. The zero-order valence-corrected chi connectivity index (χ0v) is 13.7. The minimum absolute atomic E-state index is 0.0427. The summed E-state index contributed by atoms with van der Waals surface area (Å²) >= 11 is 4.41. The maximum absolute atomic E-state index is 4.84. The molecule has 0 saturated carbocycles. The molecule has 0 atom stereocenters. The number of hydrogen-bond donors (Lipinski definition) is 1. The molecule has 0 saturated heterocycles. The topological polar surface area (TPSA) is 17.8 Å². The predicted octanol–water partition coefficient (Wildman–Crippen LogP) is 4.67. The van der Waals surface area contributed by atoms with Crippen LogP contribution in [0.2, 0.25) is 0 Å². The Bertz CT molecular complexity index is 597. The minimum atomic E-state index is 0.0427. The Morgan fingerprint density at radius 2 is 1.74 bits per heavy atom. The Kier molecular flexibility index (Phi) is 3.46. The van der Waals surface area contributed by atoms with E-state index in [1.165, 1.54) is 5.52 Å². The second-order valence-electron chi connectivity index (χ2n) is 7.51. The fourth-order valence-electron chi connectivity index (χ4n) is 2.33. The molecule has 104 valence electrons. The maximum atomic E-state index is 4.84. The highest BCUT2D eigenvalue weighted by atomic mass is 32.1. The second-order valence-corrected chi connectivity index (χ2v) is 8.02. The van der Waals surface area contributed by atoms with Crippen LogP contribution in [0.1, 0.15) is 47.4 Å². The van der Waals surface area contributed by atoms with Crippen LogP contribution >= 0.6 is 12.6 Å². The molecule has 0 spiro atoms. The normalized spacial score (nSPS) is 13.2. The molecule has 0 aliphatic carbocycles. The van der Waals surface area contributed by atoms with E-state index in [0.29, 0.717) is 0 Å². The van der Waals surface area contributed by atoms with Crippen LogP contribution in [0.25, 0.3) is 11.0 Å². The van der Waals surface area contributed by atoms with Crippen molar-refractivity contribution in [1.82, 2.24) is 9.55 Å². The van der Waals surface area contributed by atoms with Gasteiger partial charge in [-0.2, -0.15) is 0 Å². The molecule has 0 aliphatic heterocycles. The molecule has 2 rings (SSSR count). The molecule has 2 aromatic rings. The van der Waals surface area contributed by atoms with E-state index < -0.39 is 0 Å². The van der Waals surface area contributed by atoms with Gasteiger partial charge in [0.2, 0.25) is 0 Å². The van der Waals surface area contributed by atoms with Gasteiger partial charge >= 0.3 is 0 Å². The quantitative estimate of drug-likeness (QED) is 0.749. The second kappa shape index (κ2) is 4.55. The molecule has 1 aromatic heterocycles. The highest BCUT2D eigenvalue weighted by Gasteiger charge is 2.25. The lowest BCUT2D eigenvalue weighted by Crippen LogP contribution is -2.24. The van der Waals surface area contributed by atoms with Gasteiger partial charge < -0.3 is 4.57 Å². The number of thiol groups is 1. The largest absolute Gasteiger partial charge is 0.327 e. The van der Waals surface area contributed by atoms with Crippen LogP contribution in [0.3, 0.4) is 0 Å². The van der Waals surface area contributed by atoms with Crippen LogP contribution in [0.4, 0.5) is 0 Å². The highest BCUT2D eigenvalue weighted by molar-refractivity contribution is 7.80. The number of nitrogens with zero attached hydrogens (tertiary/aromatic N) is 2. The lowest BCUT2D eigenvalue weighted by molar-refractivity contribution is 0.332. The standard InChI is InChI=1S/C16H24N2S/c1-15(2,3)10-18-13-8-7-11(19)9-12(13)17-14(18)16(4,5)6/h7-9,19H,10H2,1-6H3. The minimum Gasteiger partial charge on any atom is -0.327 e. The number of rotatable bonds is 1. The summed E-state index contributed by atoms with van der Waals surface area (Å²) in [5.41, 5.74) is 2.52. The van der Waals surface area contributed by atoms with Crippen molar-refractivity contribution in [2.45, 2.75) is 58.4 Å². The Hall–Kier alpha value is -0.960. The first kappa shape index (κ1) is 14.4. The van der Waals surface area contributed by atoms with E-state index in [1.807, 2.05) is 12.1 Å². The van der Waals surface area contributed by atoms with Gasteiger partial charge in [-0.15, -0.1) is 12.6 Å². The van der Waals surface area contributed by atoms with Crippen molar-refractivity contribution in [1.29, 1.82) is 0 Å². The third-order valence-electron chi connectivity index (χ3n) is 3.04. The van der Waals surface area contributed by atoms with Gasteiger partial charge in [0.1, 0.15) is 5.82 Å². The average Bonchev–Trinajstić information content (AvgIpc) is 2.53. The van der Waals surface area contributed by atoms with Crippen molar-refractivity contribution in [3.63, 3.8) is 0 Å². The van der Waals surface area contributed by atoms with Gasteiger partial charge in [-0.05, 0) is 23.6 Å². The van der Waals surface area contributed by atoms with E-state index in [9.17, 15) is 0 Å². The van der Waals surface area contributed by atoms with E-state index in [0.717, 1.165) is 22.8 Å². The van der Waals surface area contributed by atoms with Gasteiger partial charge in [-0.3, -0.25) is 0 Å². The summed E-state index contributed by atoms with van der Waals surface area (Å²) in [6, 6.07) is 6.22. The summed E-state index contributed by atoms with van der Waals surface area (Å²) in [6.45, 7) is 14.4. The first-order valence-electron chi connectivity index (χ1n) is 6.78. The summed E-state index contributed by atoms with van der Waals surface area (Å²) in [4.78, 5) is 5.81. The van der Waals surface area contributed by atoms with Crippen molar-refractivity contribution >= 4 is 23.7 Å². The van der Waals surface area contributed by atoms with Gasteiger partial charge in [-0.25, -0.2) is 4.98 Å². The lowest BCUT2D eigenvalue weighted by atomic mass is 9.93. The van der Waals surface area contributed by atoms with Gasteiger partial charge in [0.25, 0.3) is 0 Å². The zero-order valence-electron chi connectivity index (χ0n) is 12.8. The Balaban J connectivity index is 2.69. The SMILES string of the molecule is CC(C)(C)Cn1c(C(C)(C)C)nc2cc(S)ccc21. The summed E-state index contributed by atoms with van der Waals surface area (Å²) in [5.74, 6) is 1.15. The smallest absolute Gasteiger partial charge is 0.115 e. The Morgan fingerprint density at radius 1 is 1.11 bits per heavy atom. The van der Waals surface area contributed by atoms with Gasteiger partial charge in [-0.1, -0.05) is 41.5 Å². The first-order chi connectivity index (χ1) is 8.58. The van der Waals surface area contributed by atoms with Crippen molar-refractivity contribution in [2.75, 3.05) is 0 Å². The third kappa shape index (κ3) is 3.14. The number of fused-ring (bicyclic) bond motifs is 1. The number of aromatic nitrogens is 2. The van der Waals surface area contributed by atoms with E-state index >= 15 is 0 Å². The molecule has 3 heteroatoms. The fraction of sp³-hybridized carbons (Fsp3) is 0.562. The van der Waals surface area contributed by atoms with Crippen LogP contribution in [0, 0.1) is 5.41 Å². The van der Waals surface area contributed by atoms with Crippen LogP contribution < -0.4 is 0 Å². The third-order valence-corrected chi connectivity index (χ3v) is 3.31. The van der Waals surface area contributed by atoms with E-state index in [2.05, 4.69) is 64.8 Å². The fourth-order valence-corrected chi connectivity index (χ4v) is 2.52. The predicted molar refractivity (Wildman–Crippen MR) is 85.1 cm³/mol. The average molecular weight is 276 g/mol. The molecular weight excluding hydrogens is 252 g/mol. The number of hydrogen-bond acceptors (Lipinski definition) is 2. The molecule has 2 nitrogen and oxygen atoms in total. The lowest BCUT2D eigenvalue weighted by Gasteiger charge is -2.25. The molecule has 1 aromatic carbocycles. The van der Waals surface area contributed by atoms with Crippen molar-refractivity contribution in [3.05, 3.63) is 24.0 Å². The molecule has 0 amide bonds. The molecular formula is C16H24N2S. The molecule has 0 radical (unpaired) electrons. The van der Waals surface area contributed by atoms with Crippen LogP contribution in [0.5, 0.6) is 0 Å². The molecule has 0 unspecified atom stereocenters. The summed E-state index contributed by atoms with van der Waals surface area (Å²) in [5, 5.41) is 0. The van der Waals surface area contributed by atoms with Gasteiger partial charge in [0.15, 0.2) is 0 Å². The number of benzene rings is 1. The van der Waals surface area contributed by atoms with Crippen molar-refractivity contribution in [3.8, 4) is 0 Å². The van der Waals surface area contributed by atoms with Gasteiger partial charge in [0, 0.05) is 16.9 Å². The van der Waals surface area contributed by atoms with Crippen LogP contribution in [0.15, 0.2) is 23.1 Å². The molecule has 0 bridgehead atoms. The van der Waals surface area contributed by atoms with E-state index in [-0.39, 0.29) is 10.8 Å². The van der Waals surface area contributed by atoms with E-state index in [1.54, 1.807) is 0 Å². The van der Waals surface area contributed by atoms with E-state index in [4.69, 9.17) is 4.98 Å². The molecule has 1 heterocycles. The summed E-state index contributed by atoms with van der Waals surface area (Å²) < 4.78 is 2.36. The Morgan fingerprint density at radius 3 is 2.26 bits per heavy atom. The van der Waals surface area contributed by atoms with Crippen LogP contribution in [-0.4, -0.2) is 9.55 Å². The summed E-state index contributed by atoms with van der Waals surface area (Å²) in [7, 11) is 0. The first-order valence-corrected chi connectivity index (χ1v) is 7.22. The monoisotopic (exact) mass is 276 g/mol. The maximum Gasteiger partial charge on any atom is 0.115 e.